The van der Waals surface area contributed by atoms with Crippen LogP contribution in [0.25, 0.3) is 0 Å². The predicted octanol–water partition coefficient (Wildman–Crippen LogP) is 3.50. The third kappa shape index (κ3) is 4.68. The molecule has 1 fully saturated rings. The molecule has 0 atom stereocenters. The SMILES string of the molecule is COC(=O)CC/C(O)=C1\C(=O)CC(C)(C)CC1=Nc1ccccc1N. The van der Waals surface area contributed by atoms with E-state index in [-0.39, 0.29) is 35.4 Å². The second-order valence-corrected chi connectivity index (χ2v) is 6.96. The first kappa shape index (κ1) is 18.7. The Morgan fingerprint density at radius 3 is 2.60 bits per heavy atom. The molecule has 3 N–H and O–H groups in total. The summed E-state index contributed by atoms with van der Waals surface area (Å²) in [5, 5.41) is 10.4. The van der Waals surface area contributed by atoms with Crippen LogP contribution in [0.15, 0.2) is 40.6 Å². The predicted molar refractivity (Wildman–Crippen MR) is 96.9 cm³/mol. The van der Waals surface area contributed by atoms with E-state index in [4.69, 9.17) is 5.73 Å². The Hall–Kier alpha value is -2.63. The lowest BCUT2D eigenvalue weighted by molar-refractivity contribution is -0.140. The van der Waals surface area contributed by atoms with E-state index in [2.05, 4.69) is 9.73 Å². The number of para-hydroxylation sites is 2. The first-order valence-corrected chi connectivity index (χ1v) is 8.18. The zero-order chi connectivity index (χ0) is 18.6. The van der Waals surface area contributed by atoms with Crippen molar-refractivity contribution in [1.82, 2.24) is 0 Å². The van der Waals surface area contributed by atoms with Crippen LogP contribution in [-0.2, 0) is 14.3 Å². The highest BCUT2D eigenvalue weighted by Gasteiger charge is 2.36. The zero-order valence-electron chi connectivity index (χ0n) is 14.8. The number of Topliss-reactive ketones (excluding diaryl/α,β-unsaturated/α-hetero) is 1. The number of allylic oxidation sites excluding steroid dienone is 2. The Bertz CT molecular complexity index is 748. The van der Waals surface area contributed by atoms with E-state index in [9.17, 15) is 14.7 Å². The molecule has 0 unspecified atom stereocenters. The number of aliphatic hydroxyl groups is 1. The minimum Gasteiger partial charge on any atom is -0.511 e. The zero-order valence-corrected chi connectivity index (χ0v) is 14.8. The Kier molecular flexibility index (Phi) is 5.62. The van der Waals surface area contributed by atoms with Crippen molar-refractivity contribution in [2.24, 2.45) is 10.4 Å². The summed E-state index contributed by atoms with van der Waals surface area (Å²) >= 11 is 0. The third-order valence-corrected chi connectivity index (χ3v) is 4.13. The molecular weight excluding hydrogens is 320 g/mol. The van der Waals surface area contributed by atoms with E-state index in [1.165, 1.54) is 7.11 Å². The minimum absolute atomic E-state index is 0.00324. The molecule has 1 aromatic carbocycles. The summed E-state index contributed by atoms with van der Waals surface area (Å²) in [5.41, 5.74) is 7.45. The van der Waals surface area contributed by atoms with Gasteiger partial charge in [0.05, 0.1) is 36.2 Å². The van der Waals surface area contributed by atoms with E-state index in [1.54, 1.807) is 18.2 Å². The summed E-state index contributed by atoms with van der Waals surface area (Å²) in [5.74, 6) is -0.743. The maximum atomic E-state index is 12.6. The molecule has 0 saturated heterocycles. The number of carbonyl (C=O) groups is 2. The molecule has 25 heavy (non-hydrogen) atoms. The summed E-state index contributed by atoms with van der Waals surface area (Å²) in [7, 11) is 1.28. The number of ether oxygens (including phenoxy) is 1. The molecule has 0 radical (unpaired) electrons. The first-order valence-electron chi connectivity index (χ1n) is 8.18. The minimum atomic E-state index is -0.443. The van der Waals surface area contributed by atoms with Crippen molar-refractivity contribution in [1.29, 1.82) is 0 Å². The fourth-order valence-corrected chi connectivity index (χ4v) is 2.89. The number of aliphatic imine (C=N–C) groups is 1. The topological polar surface area (TPSA) is 102 Å². The smallest absolute Gasteiger partial charge is 0.305 e. The van der Waals surface area contributed by atoms with Gasteiger partial charge in [-0.15, -0.1) is 0 Å². The van der Waals surface area contributed by atoms with E-state index in [0.29, 0.717) is 29.9 Å². The molecule has 0 aromatic heterocycles. The Labute approximate surface area is 147 Å². The normalized spacial score (nSPS) is 20.4. The standard InChI is InChI=1S/C19H24N2O4/c1-19(2)10-14(21-13-7-5-4-6-12(13)20)18(16(23)11-19)15(22)8-9-17(24)25-3/h4-7,22H,8-11,20H2,1-3H3/b18-15+,21-14?. The van der Waals surface area contributed by atoms with Crippen LogP contribution in [0.1, 0.15) is 39.5 Å². The average Bonchev–Trinajstić information content (AvgIpc) is 2.53. The van der Waals surface area contributed by atoms with Gasteiger partial charge >= 0.3 is 5.97 Å². The van der Waals surface area contributed by atoms with Gasteiger partial charge in [-0.2, -0.15) is 0 Å². The van der Waals surface area contributed by atoms with Gasteiger partial charge in [-0.25, -0.2) is 0 Å². The van der Waals surface area contributed by atoms with Gasteiger partial charge in [0.25, 0.3) is 0 Å². The van der Waals surface area contributed by atoms with Crippen molar-refractivity contribution in [3.8, 4) is 0 Å². The van der Waals surface area contributed by atoms with Crippen LogP contribution < -0.4 is 5.73 Å². The van der Waals surface area contributed by atoms with Crippen LogP contribution in [0.4, 0.5) is 11.4 Å². The highest BCUT2D eigenvalue weighted by Crippen LogP contribution is 2.37. The highest BCUT2D eigenvalue weighted by molar-refractivity contribution is 6.25. The molecule has 6 heteroatoms. The second-order valence-electron chi connectivity index (χ2n) is 6.96. The van der Waals surface area contributed by atoms with Crippen LogP contribution in [0.3, 0.4) is 0 Å². The van der Waals surface area contributed by atoms with Crippen LogP contribution in [0.5, 0.6) is 0 Å². The fourth-order valence-electron chi connectivity index (χ4n) is 2.89. The molecule has 2 rings (SSSR count). The monoisotopic (exact) mass is 344 g/mol. The molecule has 0 amide bonds. The summed E-state index contributed by atoms with van der Waals surface area (Å²) in [4.78, 5) is 28.5. The number of nitrogens with two attached hydrogens (primary N) is 1. The van der Waals surface area contributed by atoms with E-state index >= 15 is 0 Å². The molecule has 1 saturated carbocycles. The number of carbonyl (C=O) groups excluding carboxylic acids is 2. The largest absolute Gasteiger partial charge is 0.511 e. The molecular formula is C19H24N2O4. The molecule has 1 aliphatic rings. The van der Waals surface area contributed by atoms with Crippen molar-refractivity contribution >= 4 is 28.8 Å². The van der Waals surface area contributed by atoms with Crippen molar-refractivity contribution < 1.29 is 19.4 Å². The number of rotatable bonds is 4. The lowest BCUT2D eigenvalue weighted by Crippen LogP contribution is -2.32. The number of methoxy groups -OCH3 is 1. The average molecular weight is 344 g/mol. The molecule has 1 aromatic rings. The summed E-state index contributed by atoms with van der Waals surface area (Å²) in [6.07, 6.45) is 0.888. The summed E-state index contributed by atoms with van der Waals surface area (Å²) < 4.78 is 4.58. The highest BCUT2D eigenvalue weighted by atomic mass is 16.5. The molecule has 134 valence electrons. The number of hydrogen-bond donors (Lipinski definition) is 2. The molecule has 6 nitrogen and oxygen atoms in total. The number of esters is 1. The second kappa shape index (κ2) is 7.51. The number of ketones is 1. The lowest BCUT2D eigenvalue weighted by atomic mass is 9.73. The molecule has 0 spiro atoms. The van der Waals surface area contributed by atoms with Crippen LogP contribution in [0, 0.1) is 5.41 Å². The van der Waals surface area contributed by atoms with Gasteiger partial charge < -0.3 is 15.6 Å². The van der Waals surface area contributed by atoms with Gasteiger partial charge in [-0.3, -0.25) is 14.6 Å². The van der Waals surface area contributed by atoms with Crippen LogP contribution in [-0.4, -0.2) is 29.7 Å². The van der Waals surface area contributed by atoms with Crippen molar-refractivity contribution in [3.63, 3.8) is 0 Å². The Morgan fingerprint density at radius 2 is 1.96 bits per heavy atom. The van der Waals surface area contributed by atoms with Gasteiger partial charge in [-0.1, -0.05) is 26.0 Å². The summed E-state index contributed by atoms with van der Waals surface area (Å²) in [6, 6.07) is 7.11. The lowest BCUT2D eigenvalue weighted by Gasteiger charge is -2.31. The van der Waals surface area contributed by atoms with Crippen molar-refractivity contribution in [2.75, 3.05) is 12.8 Å². The molecule has 0 aliphatic heterocycles. The molecule has 1 aliphatic carbocycles. The Balaban J connectivity index is 2.44. The van der Waals surface area contributed by atoms with E-state index < -0.39 is 5.97 Å². The van der Waals surface area contributed by atoms with Gasteiger partial charge in [0.15, 0.2) is 5.78 Å². The van der Waals surface area contributed by atoms with Crippen molar-refractivity contribution in [2.45, 2.75) is 39.5 Å². The van der Waals surface area contributed by atoms with E-state index in [1.807, 2.05) is 19.9 Å². The number of hydrogen-bond acceptors (Lipinski definition) is 6. The van der Waals surface area contributed by atoms with Gasteiger partial charge in [-0.05, 0) is 24.0 Å². The first-order chi connectivity index (χ1) is 11.7. The van der Waals surface area contributed by atoms with Crippen LogP contribution in [0.2, 0.25) is 0 Å². The number of nitrogen functional groups attached to an aromatic ring is 1. The quantitative estimate of drug-likeness (QED) is 0.377. The number of anilines is 1. The van der Waals surface area contributed by atoms with E-state index in [0.717, 1.165) is 0 Å². The maximum Gasteiger partial charge on any atom is 0.305 e. The summed E-state index contributed by atoms with van der Waals surface area (Å²) in [6.45, 7) is 3.97. The number of aliphatic hydroxyl groups excluding tert-OH is 1. The van der Waals surface area contributed by atoms with Gasteiger partial charge in [0, 0.05) is 12.8 Å². The van der Waals surface area contributed by atoms with Crippen molar-refractivity contribution in [3.05, 3.63) is 35.6 Å². The molecule has 0 bridgehead atoms. The Morgan fingerprint density at radius 1 is 1.28 bits per heavy atom. The van der Waals surface area contributed by atoms with Crippen LogP contribution >= 0.6 is 0 Å². The fraction of sp³-hybridized carbons (Fsp3) is 0.421. The van der Waals surface area contributed by atoms with Gasteiger partial charge in [0.1, 0.15) is 5.76 Å². The number of benzene rings is 1. The third-order valence-electron chi connectivity index (χ3n) is 4.13. The number of nitrogens with zero attached hydrogens (tertiary/aromatic N) is 1. The molecule has 0 heterocycles. The maximum absolute atomic E-state index is 12.6. The van der Waals surface area contributed by atoms with Gasteiger partial charge in [0.2, 0.25) is 0 Å².